The fraction of sp³-hybridized carbons (Fsp3) is 0.279. The first-order chi connectivity index (χ1) is 49.9. The second-order valence-corrected chi connectivity index (χ2v) is 32.4. The van der Waals surface area contributed by atoms with E-state index >= 15 is 0 Å². The number of hydrogen-bond acceptors (Lipinski definition) is 16. The van der Waals surface area contributed by atoms with Crippen LogP contribution in [0.3, 0.4) is 0 Å². The second-order valence-electron chi connectivity index (χ2n) is 22.1. The third-order valence-corrected chi connectivity index (χ3v) is 22.1. The highest BCUT2D eigenvalue weighted by atomic mass is 79.9. The summed E-state index contributed by atoms with van der Waals surface area (Å²) in [4.78, 5) is 18.7. The lowest BCUT2D eigenvalue weighted by atomic mass is 10.2. The fourth-order valence-corrected chi connectivity index (χ4v) is 15.5. The van der Waals surface area contributed by atoms with Gasteiger partial charge in [-0.1, -0.05) is 103 Å². The molecule has 0 aliphatic carbocycles. The summed E-state index contributed by atoms with van der Waals surface area (Å²) in [6, 6.07) is 28.4. The molecule has 0 atom stereocenters. The van der Waals surface area contributed by atoms with E-state index in [2.05, 4.69) is 56.0 Å². The maximum absolute atomic E-state index is 14.6. The number of ether oxygens (including phenoxy) is 1. The molecule has 2 aromatic heterocycles. The molecule has 0 saturated carbocycles. The van der Waals surface area contributed by atoms with Gasteiger partial charge < -0.3 is 14.9 Å². The van der Waals surface area contributed by atoms with E-state index in [1.54, 1.807) is 46.8 Å². The van der Waals surface area contributed by atoms with E-state index in [4.69, 9.17) is 14.9 Å². The average Bonchev–Trinajstić information content (AvgIpc) is 0.839. The molecule has 38 heteroatoms. The minimum Gasteiger partial charge on any atom is -0.506 e. The van der Waals surface area contributed by atoms with E-state index in [1.807, 2.05) is 58.0 Å². The van der Waals surface area contributed by atoms with Crippen LogP contribution in [0, 0.1) is 58.2 Å². The number of alkyl halides is 2. The Hall–Kier alpha value is -8.40. The van der Waals surface area contributed by atoms with Gasteiger partial charge in [0.15, 0.2) is 35.4 Å². The number of aromatic nitrogens is 2. The molecule has 0 bridgehead atoms. The molecule has 0 saturated heterocycles. The van der Waals surface area contributed by atoms with Crippen molar-refractivity contribution in [2.45, 2.75) is 90.6 Å². The molecule has 9 aromatic rings. The van der Waals surface area contributed by atoms with E-state index in [9.17, 15) is 90.8 Å². The van der Waals surface area contributed by atoms with Crippen molar-refractivity contribution < 1.29 is 106 Å². The number of fused-ring (bicyclic) bond motifs is 2. The molecule has 0 unspecified atom stereocenters. The van der Waals surface area contributed by atoms with Crippen LogP contribution < -0.4 is 28.3 Å². The number of benzene rings is 7. The number of aliphatic hydroxyl groups excluding tert-OH is 1. The smallest absolute Gasteiger partial charge is 0.232 e. The summed E-state index contributed by atoms with van der Waals surface area (Å²) in [6.07, 6.45) is 4.87. The van der Waals surface area contributed by atoms with Crippen molar-refractivity contribution in [1.29, 1.82) is 0 Å². The number of anilines is 5. The van der Waals surface area contributed by atoms with Crippen molar-refractivity contribution in [2.24, 2.45) is 0 Å². The van der Waals surface area contributed by atoms with Gasteiger partial charge in [-0.3, -0.25) is 38.4 Å². The number of hydrogen-bond donors (Lipinski definition) is 7. The highest BCUT2D eigenvalue weighted by Crippen LogP contribution is 2.29. The number of para-hydroxylation sites is 2. The fourth-order valence-electron chi connectivity index (χ4n) is 8.77. The number of pyridine rings is 2. The molecule has 7 N–H and O–H groups in total. The quantitative estimate of drug-likeness (QED) is 0.0143. The molecule has 0 aliphatic heterocycles. The molecule has 0 amide bonds. The van der Waals surface area contributed by atoms with Crippen LogP contribution in [0.1, 0.15) is 99.3 Å². The number of sulfonamides is 5. The highest BCUT2D eigenvalue weighted by Gasteiger charge is 2.23. The lowest BCUT2D eigenvalue weighted by Gasteiger charge is -2.13. The van der Waals surface area contributed by atoms with Crippen molar-refractivity contribution in [3.63, 3.8) is 0 Å². The number of aldehydes is 1. The van der Waals surface area contributed by atoms with E-state index in [0.29, 0.717) is 37.9 Å². The van der Waals surface area contributed by atoms with E-state index in [-0.39, 0.29) is 90.9 Å². The van der Waals surface area contributed by atoms with Crippen LogP contribution in [0.2, 0.25) is 0 Å². The third-order valence-electron chi connectivity index (χ3n) is 13.6. The molecule has 7 aromatic carbocycles. The maximum Gasteiger partial charge on any atom is 0.232 e. The summed E-state index contributed by atoms with van der Waals surface area (Å²) in [6.45, 7) is 7.17. The number of nitrogens with zero attached hydrogens (tertiary/aromatic N) is 2. The zero-order chi connectivity index (χ0) is 79.3. The summed E-state index contributed by atoms with van der Waals surface area (Å²) in [5, 5.41) is 19.6. The summed E-state index contributed by atoms with van der Waals surface area (Å²) in [5.41, 5.74) is -1.96. The molecule has 578 valence electrons. The predicted octanol–water partition coefficient (Wildman–Crippen LogP) is 15.7. The SMILES string of the molecule is CCCS(=O)(=O)Nc1ccc(F)c(C=O)c1F.CCCS(=O)(=O)Nc1ccc(F)c(CBr)c1F.CCCS(=O)(=O)Nc1ccc(F)c(CBr)c1F.CCCS(=O)(=O)Nc1ccc(F)c(CO)c1F.CCCS(=O)(=O)Nc1ccc(F)c(COc2cnc3ccccc3c2)c1F.Oc1cnc2ccccc2c1. The Bertz CT molecular complexity index is 4870. The first kappa shape index (κ1) is 90.0. The monoisotopic (exact) mass is 1720 g/mol. The Balaban J connectivity index is 0.000000274. The molecule has 0 aliphatic rings. The van der Waals surface area contributed by atoms with Crippen molar-refractivity contribution in [1.82, 2.24) is 9.97 Å². The summed E-state index contributed by atoms with van der Waals surface area (Å²) in [5.74, 6) is -9.39. The van der Waals surface area contributed by atoms with Gasteiger partial charge >= 0.3 is 0 Å². The summed E-state index contributed by atoms with van der Waals surface area (Å²) < 4.78 is 266. The molecule has 0 fully saturated rings. The van der Waals surface area contributed by atoms with Crippen LogP contribution in [-0.2, 0) is 74.0 Å². The lowest BCUT2D eigenvalue weighted by molar-refractivity contribution is 0.111. The molecule has 2 heterocycles. The van der Waals surface area contributed by atoms with Gasteiger partial charge in [0.05, 0.1) is 104 Å². The Morgan fingerprint density at radius 1 is 0.406 bits per heavy atom. The van der Waals surface area contributed by atoms with Crippen LogP contribution in [0.25, 0.3) is 21.8 Å². The predicted molar refractivity (Wildman–Crippen MR) is 396 cm³/mol. The Kier molecular flexibility index (Phi) is 35.8. The largest absolute Gasteiger partial charge is 0.506 e. The number of aromatic hydroxyl groups is 1. The molecule has 0 radical (unpaired) electrons. The zero-order valence-corrected chi connectivity index (χ0v) is 64.2. The van der Waals surface area contributed by atoms with Gasteiger partial charge in [-0.05, 0) is 117 Å². The minimum atomic E-state index is -3.69. The number of carbonyl (C=O) groups is 1. The van der Waals surface area contributed by atoms with Crippen LogP contribution >= 0.6 is 31.9 Å². The van der Waals surface area contributed by atoms with Crippen molar-refractivity contribution in [3.05, 3.63) is 220 Å². The van der Waals surface area contributed by atoms with E-state index in [1.165, 1.54) is 12.4 Å². The summed E-state index contributed by atoms with van der Waals surface area (Å²) >= 11 is 5.89. The number of rotatable bonds is 27. The normalized spacial score (nSPS) is 11.3. The number of carbonyl (C=O) groups excluding carboxylic acids is 1. The Morgan fingerprint density at radius 2 is 0.708 bits per heavy atom. The van der Waals surface area contributed by atoms with Crippen LogP contribution in [0.15, 0.2) is 134 Å². The van der Waals surface area contributed by atoms with Gasteiger partial charge in [0.2, 0.25) is 50.1 Å². The second kappa shape index (κ2) is 42.2. The lowest BCUT2D eigenvalue weighted by Crippen LogP contribution is -2.18. The molecule has 0 spiro atoms. The Labute approximate surface area is 624 Å². The van der Waals surface area contributed by atoms with Gasteiger partial charge in [-0.15, -0.1) is 0 Å². The Morgan fingerprint density at radius 3 is 1.06 bits per heavy atom. The van der Waals surface area contributed by atoms with Crippen LogP contribution in [0.5, 0.6) is 11.5 Å². The zero-order valence-electron chi connectivity index (χ0n) is 56.9. The van der Waals surface area contributed by atoms with Crippen LogP contribution in [-0.4, -0.2) is 97.3 Å². The van der Waals surface area contributed by atoms with Gasteiger partial charge in [0.25, 0.3) is 0 Å². The number of aliphatic hydroxyl groups is 1. The van der Waals surface area contributed by atoms with Gasteiger partial charge in [0, 0.05) is 32.6 Å². The molecular formula is C68H73Br2F10N7O14S5. The van der Waals surface area contributed by atoms with Crippen molar-refractivity contribution in [2.75, 3.05) is 52.4 Å². The molecular weight excluding hydrogens is 1650 g/mol. The topological polar surface area (TPSA) is 323 Å². The van der Waals surface area contributed by atoms with Gasteiger partial charge in [-0.2, -0.15) is 0 Å². The van der Waals surface area contributed by atoms with Gasteiger partial charge in [-0.25, -0.2) is 86.0 Å². The first-order valence-electron chi connectivity index (χ1n) is 31.5. The first-order valence-corrected chi connectivity index (χ1v) is 42.0. The molecule has 106 heavy (non-hydrogen) atoms. The summed E-state index contributed by atoms with van der Waals surface area (Å²) in [7, 11) is -18.1. The average molecular weight is 1720 g/mol. The minimum absolute atomic E-state index is 0.00227. The number of halogens is 12. The third kappa shape index (κ3) is 28.1. The standard InChI is InChI=1S/C19H18F2N2O3S.2C10H12BrF2NO2S.C10H13F2NO3S.C10H11F2NO3S.C9H7NO/c1-2-9-27(24,25)23-18-8-7-16(20)15(19(18)21)12-26-14-10-13-5-3-4-6-17(13)22-11-14;2*1-2-5-17(15,16)14-9-4-3-8(12)7(6-11)10(9)13;2*1-2-5-17(15,16)13-9-4-3-8(11)7(6-14)10(9)12;11-8-5-7-3-1-2-4-9(7)10-6-8/h3-8,10-11,23H,2,9,12H2,1H3;2*3-4,14H,2,5-6H2,1H3;3-4,13-14H,2,5-6H2,1H3;3-4,6,13H,2,5H2,1H3;1-6,11H. The maximum atomic E-state index is 14.6. The highest BCUT2D eigenvalue weighted by molar-refractivity contribution is 9.08. The van der Waals surface area contributed by atoms with Crippen LogP contribution in [0.4, 0.5) is 72.3 Å². The molecule has 21 nitrogen and oxygen atoms in total. The molecule has 9 rings (SSSR count). The van der Waals surface area contributed by atoms with E-state index < -0.39 is 138 Å². The number of nitrogens with one attached hydrogen (secondary N) is 5. The van der Waals surface area contributed by atoms with Gasteiger partial charge in [0.1, 0.15) is 47.2 Å². The van der Waals surface area contributed by atoms with Crippen molar-refractivity contribution in [3.8, 4) is 11.5 Å². The van der Waals surface area contributed by atoms with Crippen molar-refractivity contribution >= 4 is 139 Å². The van der Waals surface area contributed by atoms with E-state index in [0.717, 1.165) is 82.5 Å².